The molecule has 2 aromatic carbocycles. The van der Waals surface area contributed by atoms with Crippen molar-refractivity contribution in [1.82, 2.24) is 0 Å². The van der Waals surface area contributed by atoms with Gasteiger partial charge in [0.25, 0.3) is 5.69 Å². The molecule has 0 bridgehead atoms. The van der Waals surface area contributed by atoms with Gasteiger partial charge in [0.15, 0.2) is 0 Å². The quantitative estimate of drug-likeness (QED) is 0.441. The van der Waals surface area contributed by atoms with Crippen LogP contribution in [0.2, 0.25) is 0 Å². The standard InChI is InChI=1S/C20H20N4O6/c1-12-10-14(24(28)29)6-7-15(12)22-20(27)19(26)21-13-5-8-17(30-2)16(11-13)23-9-3-4-18(23)25/h5-8,10-11H,3-4,9H2,1-2H3,(H,21,26)(H,22,27). The van der Waals surface area contributed by atoms with E-state index in [4.69, 9.17) is 4.74 Å². The van der Waals surface area contributed by atoms with Gasteiger partial charge >= 0.3 is 11.8 Å². The Bertz CT molecular complexity index is 1040. The summed E-state index contributed by atoms with van der Waals surface area (Å²) in [6.45, 7) is 2.13. The highest BCUT2D eigenvalue weighted by Crippen LogP contribution is 2.34. The topological polar surface area (TPSA) is 131 Å². The summed E-state index contributed by atoms with van der Waals surface area (Å²) in [5.41, 5.74) is 1.47. The van der Waals surface area contributed by atoms with E-state index in [-0.39, 0.29) is 11.6 Å². The number of methoxy groups -OCH3 is 1. The van der Waals surface area contributed by atoms with Crippen LogP contribution in [0.1, 0.15) is 18.4 Å². The highest BCUT2D eigenvalue weighted by molar-refractivity contribution is 6.43. The molecule has 10 nitrogen and oxygen atoms in total. The van der Waals surface area contributed by atoms with Crippen LogP contribution >= 0.6 is 0 Å². The first kappa shape index (κ1) is 20.8. The summed E-state index contributed by atoms with van der Waals surface area (Å²) in [5.74, 6) is -1.41. The van der Waals surface area contributed by atoms with Crippen LogP contribution in [-0.2, 0) is 14.4 Å². The molecule has 1 aliphatic heterocycles. The largest absolute Gasteiger partial charge is 0.495 e. The lowest BCUT2D eigenvalue weighted by Gasteiger charge is -2.20. The van der Waals surface area contributed by atoms with Crippen LogP contribution in [0.25, 0.3) is 0 Å². The molecule has 2 aromatic rings. The molecule has 1 saturated heterocycles. The first-order chi connectivity index (χ1) is 14.3. The van der Waals surface area contributed by atoms with Crippen LogP contribution in [0.4, 0.5) is 22.7 Å². The average Bonchev–Trinajstić information content (AvgIpc) is 3.14. The van der Waals surface area contributed by atoms with Crippen molar-refractivity contribution in [3.63, 3.8) is 0 Å². The molecule has 3 rings (SSSR count). The Morgan fingerprint density at radius 3 is 2.47 bits per heavy atom. The van der Waals surface area contributed by atoms with E-state index < -0.39 is 16.7 Å². The Labute approximate surface area is 172 Å². The number of benzene rings is 2. The van der Waals surface area contributed by atoms with Gasteiger partial charge in [-0.05, 0) is 43.2 Å². The second-order valence-corrected chi connectivity index (χ2v) is 6.70. The number of carbonyl (C=O) groups excluding carboxylic acids is 3. The summed E-state index contributed by atoms with van der Waals surface area (Å²) in [7, 11) is 1.48. The predicted molar refractivity (Wildman–Crippen MR) is 110 cm³/mol. The van der Waals surface area contributed by atoms with Gasteiger partial charge in [-0.25, -0.2) is 0 Å². The van der Waals surface area contributed by atoms with Crippen molar-refractivity contribution in [2.45, 2.75) is 19.8 Å². The number of hydrogen-bond donors (Lipinski definition) is 2. The van der Waals surface area contributed by atoms with Crippen LogP contribution in [0.15, 0.2) is 36.4 Å². The number of nitrogens with zero attached hydrogens (tertiary/aromatic N) is 2. The van der Waals surface area contributed by atoms with Gasteiger partial charge < -0.3 is 20.3 Å². The van der Waals surface area contributed by atoms with E-state index in [2.05, 4.69) is 10.6 Å². The highest BCUT2D eigenvalue weighted by atomic mass is 16.6. The molecule has 1 aliphatic rings. The van der Waals surface area contributed by atoms with Crippen LogP contribution < -0.4 is 20.3 Å². The molecule has 0 aromatic heterocycles. The molecule has 0 spiro atoms. The molecule has 0 atom stereocenters. The van der Waals surface area contributed by atoms with E-state index in [1.54, 1.807) is 30.0 Å². The number of nitro groups is 1. The number of amides is 3. The first-order valence-electron chi connectivity index (χ1n) is 9.16. The molecule has 1 heterocycles. The monoisotopic (exact) mass is 412 g/mol. The molecule has 0 saturated carbocycles. The smallest absolute Gasteiger partial charge is 0.314 e. The summed E-state index contributed by atoms with van der Waals surface area (Å²) in [4.78, 5) is 48.5. The zero-order valence-corrected chi connectivity index (χ0v) is 16.4. The van der Waals surface area contributed by atoms with Crippen LogP contribution in [-0.4, -0.2) is 36.3 Å². The van der Waals surface area contributed by atoms with E-state index in [0.717, 1.165) is 6.42 Å². The van der Waals surface area contributed by atoms with Gasteiger partial charge in [0, 0.05) is 36.5 Å². The van der Waals surface area contributed by atoms with Gasteiger partial charge in [-0.15, -0.1) is 0 Å². The molecule has 30 heavy (non-hydrogen) atoms. The highest BCUT2D eigenvalue weighted by Gasteiger charge is 2.25. The average molecular weight is 412 g/mol. The summed E-state index contributed by atoms with van der Waals surface area (Å²) < 4.78 is 5.30. The molecule has 0 unspecified atom stereocenters. The Morgan fingerprint density at radius 2 is 1.87 bits per heavy atom. The zero-order chi connectivity index (χ0) is 21.8. The Morgan fingerprint density at radius 1 is 1.13 bits per heavy atom. The number of non-ortho nitro benzene ring substituents is 1. The number of ether oxygens (including phenoxy) is 1. The SMILES string of the molecule is COc1ccc(NC(=O)C(=O)Nc2ccc([N+](=O)[O-])cc2C)cc1N1CCCC1=O. The van der Waals surface area contributed by atoms with Crippen molar-refractivity contribution in [1.29, 1.82) is 0 Å². The fourth-order valence-electron chi connectivity index (χ4n) is 3.15. The summed E-state index contributed by atoms with van der Waals surface area (Å²) in [6.07, 6.45) is 1.17. The number of nitro benzene ring substituents is 1. The van der Waals surface area contributed by atoms with E-state index in [1.807, 2.05) is 0 Å². The van der Waals surface area contributed by atoms with Crippen molar-refractivity contribution in [3.8, 4) is 5.75 Å². The molecular weight excluding hydrogens is 392 g/mol. The second kappa shape index (κ2) is 8.60. The van der Waals surface area contributed by atoms with E-state index in [1.165, 1.54) is 25.3 Å². The third kappa shape index (κ3) is 4.37. The van der Waals surface area contributed by atoms with E-state index in [9.17, 15) is 24.5 Å². The fourth-order valence-corrected chi connectivity index (χ4v) is 3.15. The Balaban J connectivity index is 1.73. The van der Waals surface area contributed by atoms with Crippen LogP contribution in [0.3, 0.4) is 0 Å². The minimum atomic E-state index is -0.929. The minimum Gasteiger partial charge on any atom is -0.495 e. The predicted octanol–water partition coefficient (Wildman–Crippen LogP) is 2.62. The van der Waals surface area contributed by atoms with Gasteiger partial charge in [0.2, 0.25) is 5.91 Å². The maximum Gasteiger partial charge on any atom is 0.314 e. The van der Waals surface area contributed by atoms with Gasteiger partial charge in [0.05, 0.1) is 17.7 Å². The number of hydrogen-bond acceptors (Lipinski definition) is 6. The van der Waals surface area contributed by atoms with E-state index in [0.29, 0.717) is 41.3 Å². The van der Waals surface area contributed by atoms with Crippen molar-refractivity contribution in [3.05, 3.63) is 52.1 Å². The van der Waals surface area contributed by atoms with Crippen molar-refractivity contribution < 1.29 is 24.0 Å². The molecule has 0 aliphatic carbocycles. The number of rotatable bonds is 5. The lowest BCUT2D eigenvalue weighted by atomic mass is 10.2. The lowest BCUT2D eigenvalue weighted by Crippen LogP contribution is -2.29. The number of aryl methyl sites for hydroxylation is 1. The summed E-state index contributed by atoms with van der Waals surface area (Å²) in [5, 5.41) is 15.7. The van der Waals surface area contributed by atoms with Crippen LogP contribution in [0.5, 0.6) is 5.75 Å². The van der Waals surface area contributed by atoms with Crippen molar-refractivity contribution >= 4 is 40.5 Å². The van der Waals surface area contributed by atoms with E-state index >= 15 is 0 Å². The van der Waals surface area contributed by atoms with Crippen molar-refractivity contribution in [2.75, 3.05) is 29.2 Å². The zero-order valence-electron chi connectivity index (χ0n) is 16.4. The lowest BCUT2D eigenvalue weighted by molar-refractivity contribution is -0.384. The minimum absolute atomic E-state index is 0.0387. The first-order valence-corrected chi connectivity index (χ1v) is 9.16. The molecule has 0 radical (unpaired) electrons. The van der Waals surface area contributed by atoms with Crippen LogP contribution in [0, 0.1) is 17.0 Å². The van der Waals surface area contributed by atoms with Crippen molar-refractivity contribution in [2.24, 2.45) is 0 Å². The molecule has 2 N–H and O–H groups in total. The molecule has 10 heteroatoms. The van der Waals surface area contributed by atoms with Gasteiger partial charge in [-0.1, -0.05) is 0 Å². The number of nitrogens with one attached hydrogen (secondary N) is 2. The summed E-state index contributed by atoms with van der Waals surface area (Å²) in [6, 6.07) is 8.65. The maximum atomic E-state index is 12.3. The Kier molecular flexibility index (Phi) is 5.95. The molecular formula is C20H20N4O6. The molecule has 1 fully saturated rings. The number of anilines is 3. The fraction of sp³-hybridized carbons (Fsp3) is 0.250. The third-order valence-electron chi connectivity index (χ3n) is 4.68. The summed E-state index contributed by atoms with van der Waals surface area (Å²) >= 11 is 0. The third-order valence-corrected chi connectivity index (χ3v) is 4.68. The number of carbonyl (C=O) groups is 3. The van der Waals surface area contributed by atoms with Gasteiger partial charge in [-0.2, -0.15) is 0 Å². The second-order valence-electron chi connectivity index (χ2n) is 6.70. The van der Waals surface area contributed by atoms with Gasteiger partial charge in [0.1, 0.15) is 5.75 Å². The Hall–Kier alpha value is -3.95. The molecule has 3 amide bonds. The normalized spacial score (nSPS) is 13.1. The van der Waals surface area contributed by atoms with Gasteiger partial charge in [-0.3, -0.25) is 24.5 Å². The molecule has 156 valence electrons. The maximum absolute atomic E-state index is 12.3.